The predicted molar refractivity (Wildman–Crippen MR) is 175 cm³/mol. The minimum Gasteiger partial charge on any atom is -0.507 e. The minimum atomic E-state index is -1.29. The number of aliphatic carboxylic acids is 1. The topological polar surface area (TPSA) is 106 Å². The van der Waals surface area contributed by atoms with Crippen LogP contribution >= 0.6 is 0 Å². The van der Waals surface area contributed by atoms with Crippen molar-refractivity contribution in [2.45, 2.75) is 58.2 Å². The summed E-state index contributed by atoms with van der Waals surface area (Å²) in [5.74, 6) is 0.144. The fraction of sp³-hybridized carbons (Fsp3) is 0.270. The molecule has 2 unspecified atom stereocenters. The van der Waals surface area contributed by atoms with Crippen LogP contribution in [0.15, 0.2) is 85.5 Å². The molecule has 2 aromatic heterocycles. The molecule has 0 saturated carbocycles. The summed E-state index contributed by atoms with van der Waals surface area (Å²) in [6.07, 6.45) is 2.31. The highest BCUT2D eigenvalue weighted by Gasteiger charge is 2.34. The summed E-state index contributed by atoms with van der Waals surface area (Å²) in [6, 6.07) is 22.9. The SMILES string of the molecule is C=CCC1CCOc2ccc(-c3c(C(OC(C)(C)C)C(=O)O)c(C)nc4cc(-c5cccc(-c6ccccc6O)c5)nn34)cc21. The van der Waals surface area contributed by atoms with Gasteiger partial charge >= 0.3 is 5.97 Å². The maximum absolute atomic E-state index is 12.8. The number of fused-ring (bicyclic) bond motifs is 2. The van der Waals surface area contributed by atoms with E-state index in [1.54, 1.807) is 16.6 Å². The zero-order valence-electron chi connectivity index (χ0n) is 25.9. The number of rotatable bonds is 8. The lowest BCUT2D eigenvalue weighted by molar-refractivity contribution is -0.160. The third kappa shape index (κ3) is 5.93. The summed E-state index contributed by atoms with van der Waals surface area (Å²) < 4.78 is 13.9. The Morgan fingerprint density at radius 2 is 1.87 bits per heavy atom. The maximum atomic E-state index is 12.8. The Bertz CT molecular complexity index is 1920. The van der Waals surface area contributed by atoms with Gasteiger partial charge < -0.3 is 19.7 Å². The van der Waals surface area contributed by atoms with E-state index in [-0.39, 0.29) is 11.7 Å². The molecule has 45 heavy (non-hydrogen) atoms. The molecule has 3 aromatic carbocycles. The molecule has 0 radical (unpaired) electrons. The fourth-order valence-corrected chi connectivity index (χ4v) is 6.07. The number of hydrogen-bond acceptors (Lipinski definition) is 6. The molecule has 5 aromatic rings. The molecule has 3 heterocycles. The monoisotopic (exact) mass is 603 g/mol. The van der Waals surface area contributed by atoms with Crippen LogP contribution in [0.2, 0.25) is 0 Å². The first-order valence-electron chi connectivity index (χ1n) is 15.1. The molecule has 0 fully saturated rings. The van der Waals surface area contributed by atoms with E-state index in [2.05, 4.69) is 12.6 Å². The summed E-state index contributed by atoms with van der Waals surface area (Å²) in [5.41, 5.74) is 6.32. The van der Waals surface area contributed by atoms with Crippen molar-refractivity contribution in [3.8, 4) is 45.1 Å². The van der Waals surface area contributed by atoms with E-state index < -0.39 is 17.7 Å². The van der Waals surface area contributed by atoms with Crippen molar-refractivity contribution in [1.82, 2.24) is 14.6 Å². The zero-order chi connectivity index (χ0) is 31.9. The number of hydrogen-bond donors (Lipinski definition) is 2. The fourth-order valence-electron chi connectivity index (χ4n) is 6.07. The number of benzene rings is 3. The molecule has 0 spiro atoms. The number of allylic oxidation sites excluding steroid dienone is 1. The third-order valence-corrected chi connectivity index (χ3v) is 8.06. The molecular weight excluding hydrogens is 566 g/mol. The Morgan fingerprint density at radius 1 is 1.09 bits per heavy atom. The lowest BCUT2D eigenvalue weighted by atomic mass is 9.88. The van der Waals surface area contributed by atoms with Gasteiger partial charge in [-0.1, -0.05) is 42.5 Å². The molecule has 0 amide bonds. The van der Waals surface area contributed by atoms with Crippen molar-refractivity contribution in [3.05, 3.63) is 102 Å². The summed E-state index contributed by atoms with van der Waals surface area (Å²) in [4.78, 5) is 17.7. The molecule has 2 atom stereocenters. The number of carboxylic acids is 1. The second-order valence-electron chi connectivity index (χ2n) is 12.4. The van der Waals surface area contributed by atoms with Gasteiger partial charge in [-0.25, -0.2) is 14.3 Å². The Morgan fingerprint density at radius 3 is 2.60 bits per heavy atom. The van der Waals surface area contributed by atoms with Gasteiger partial charge in [0.2, 0.25) is 0 Å². The Kier molecular flexibility index (Phi) is 7.93. The second-order valence-corrected chi connectivity index (χ2v) is 12.4. The average Bonchev–Trinajstić information content (AvgIpc) is 3.43. The Balaban J connectivity index is 1.59. The summed E-state index contributed by atoms with van der Waals surface area (Å²) in [5, 5.41) is 26.0. The summed E-state index contributed by atoms with van der Waals surface area (Å²) >= 11 is 0. The maximum Gasteiger partial charge on any atom is 0.337 e. The van der Waals surface area contributed by atoms with E-state index >= 15 is 0 Å². The van der Waals surface area contributed by atoms with E-state index in [4.69, 9.17) is 19.6 Å². The van der Waals surface area contributed by atoms with Gasteiger partial charge in [-0.3, -0.25) is 0 Å². The standard InChI is InChI=1S/C37H37N3O5/c1-6-10-23-17-18-44-31-16-15-26(20-28(23)31)34-33(35(36(42)43)45-37(3,4)5)22(2)38-32-21-29(39-40(32)34)25-12-9-11-24(19-25)27-13-7-8-14-30(27)41/h6-9,11-16,19-21,23,35,41H,1,10,17-18H2,2-5H3,(H,42,43). The number of aryl methyl sites for hydroxylation is 1. The number of ether oxygens (including phenoxy) is 2. The van der Waals surface area contributed by atoms with Crippen LogP contribution in [0.3, 0.4) is 0 Å². The summed E-state index contributed by atoms with van der Waals surface area (Å²) in [6.45, 7) is 11.9. The Hall–Kier alpha value is -4.95. The molecule has 2 N–H and O–H groups in total. The predicted octanol–water partition coefficient (Wildman–Crippen LogP) is 8.13. The van der Waals surface area contributed by atoms with E-state index in [1.165, 1.54) is 0 Å². The number of aromatic hydroxyl groups is 1. The van der Waals surface area contributed by atoms with Crippen LogP contribution in [0, 0.1) is 6.92 Å². The Labute approximate surface area is 262 Å². The van der Waals surface area contributed by atoms with Gasteiger partial charge in [0.25, 0.3) is 0 Å². The number of phenols is 1. The van der Waals surface area contributed by atoms with Gasteiger partial charge in [0, 0.05) is 34.0 Å². The van der Waals surface area contributed by atoms with Gasteiger partial charge in [-0.05, 0) is 87.9 Å². The third-order valence-electron chi connectivity index (χ3n) is 8.06. The largest absolute Gasteiger partial charge is 0.507 e. The minimum absolute atomic E-state index is 0.193. The normalized spacial score (nSPS) is 15.3. The average molecular weight is 604 g/mol. The molecule has 0 bridgehead atoms. The van der Waals surface area contributed by atoms with Crippen molar-refractivity contribution >= 4 is 11.6 Å². The van der Waals surface area contributed by atoms with Crippen LogP contribution < -0.4 is 4.74 Å². The van der Waals surface area contributed by atoms with Crippen molar-refractivity contribution in [3.63, 3.8) is 0 Å². The van der Waals surface area contributed by atoms with Gasteiger partial charge in [0.1, 0.15) is 11.5 Å². The first-order chi connectivity index (χ1) is 21.5. The molecule has 1 aliphatic rings. The zero-order valence-corrected chi connectivity index (χ0v) is 25.9. The molecule has 8 nitrogen and oxygen atoms in total. The number of phenolic OH excluding ortho intramolecular Hbond substituents is 1. The molecule has 6 rings (SSSR count). The van der Waals surface area contributed by atoms with Crippen molar-refractivity contribution in [1.29, 1.82) is 0 Å². The highest BCUT2D eigenvalue weighted by atomic mass is 16.5. The van der Waals surface area contributed by atoms with E-state index in [9.17, 15) is 15.0 Å². The van der Waals surface area contributed by atoms with E-state index in [0.717, 1.165) is 40.8 Å². The number of carboxylic acid groups (broad SMARTS) is 1. The quantitative estimate of drug-likeness (QED) is 0.173. The highest BCUT2D eigenvalue weighted by Crippen LogP contribution is 2.42. The first-order valence-corrected chi connectivity index (χ1v) is 15.1. The van der Waals surface area contributed by atoms with Gasteiger partial charge in [0.05, 0.1) is 23.6 Å². The molecule has 230 valence electrons. The molecular formula is C37H37N3O5. The van der Waals surface area contributed by atoms with Crippen molar-refractivity contribution < 1.29 is 24.5 Å². The van der Waals surface area contributed by atoms with Crippen molar-refractivity contribution in [2.24, 2.45) is 0 Å². The van der Waals surface area contributed by atoms with Gasteiger partial charge in [-0.15, -0.1) is 6.58 Å². The summed E-state index contributed by atoms with van der Waals surface area (Å²) in [7, 11) is 0. The smallest absolute Gasteiger partial charge is 0.337 e. The van der Waals surface area contributed by atoms with E-state index in [1.807, 2.05) is 88.4 Å². The highest BCUT2D eigenvalue weighted by molar-refractivity contribution is 5.82. The lowest BCUT2D eigenvalue weighted by Gasteiger charge is -2.28. The number of nitrogens with zero attached hydrogens (tertiary/aromatic N) is 3. The second kappa shape index (κ2) is 11.9. The number of carbonyl (C=O) groups is 1. The van der Waals surface area contributed by atoms with Crippen LogP contribution in [0.1, 0.15) is 62.5 Å². The number of para-hydroxylation sites is 1. The molecule has 8 heteroatoms. The van der Waals surface area contributed by atoms with Crippen molar-refractivity contribution in [2.75, 3.05) is 6.61 Å². The molecule has 0 aliphatic carbocycles. The molecule has 1 aliphatic heterocycles. The van der Waals surface area contributed by atoms with Crippen LogP contribution in [-0.2, 0) is 9.53 Å². The number of aromatic nitrogens is 3. The van der Waals surface area contributed by atoms with Crippen LogP contribution in [-0.4, -0.2) is 43.0 Å². The van der Waals surface area contributed by atoms with Gasteiger partial charge in [0.15, 0.2) is 11.8 Å². The lowest BCUT2D eigenvalue weighted by Crippen LogP contribution is -2.29. The van der Waals surface area contributed by atoms with Gasteiger partial charge in [-0.2, -0.15) is 5.10 Å². The van der Waals surface area contributed by atoms with Crippen LogP contribution in [0.25, 0.3) is 39.3 Å². The molecule has 0 saturated heterocycles. The van der Waals surface area contributed by atoms with Crippen LogP contribution in [0.4, 0.5) is 0 Å². The van der Waals surface area contributed by atoms with Crippen LogP contribution in [0.5, 0.6) is 11.5 Å². The van der Waals surface area contributed by atoms with E-state index in [0.29, 0.717) is 40.5 Å². The first kappa shape index (κ1) is 30.1.